The van der Waals surface area contributed by atoms with Crippen molar-refractivity contribution in [2.24, 2.45) is 10.9 Å². The van der Waals surface area contributed by atoms with Crippen molar-refractivity contribution in [2.45, 2.75) is 6.42 Å². The van der Waals surface area contributed by atoms with Crippen LogP contribution in [-0.4, -0.2) is 15.8 Å². The third-order valence-electron chi connectivity index (χ3n) is 2.85. The van der Waals surface area contributed by atoms with E-state index in [1.807, 2.05) is 0 Å². The van der Waals surface area contributed by atoms with Crippen molar-refractivity contribution in [3.05, 3.63) is 35.3 Å². The second kappa shape index (κ2) is 4.06. The van der Waals surface area contributed by atoms with Crippen LogP contribution in [0.25, 0.3) is 5.57 Å². The summed E-state index contributed by atoms with van der Waals surface area (Å²) in [4.78, 5) is 12.1. The zero-order valence-electron chi connectivity index (χ0n) is 9.19. The summed E-state index contributed by atoms with van der Waals surface area (Å²) in [5.41, 5.74) is 6.25. The second-order valence-corrected chi connectivity index (χ2v) is 4.50. The van der Waals surface area contributed by atoms with Gasteiger partial charge in [-0.15, -0.1) is 0 Å². The summed E-state index contributed by atoms with van der Waals surface area (Å²) in [5.74, 6) is 0.376. The van der Waals surface area contributed by atoms with Gasteiger partial charge < -0.3 is 11.1 Å². The number of nitrogen functional groups attached to an aromatic ring is 1. The number of hydrogen-bond acceptors (Lipinski definition) is 5. The molecule has 0 aromatic carbocycles. The fourth-order valence-electron chi connectivity index (χ4n) is 1.96. The van der Waals surface area contributed by atoms with Crippen molar-refractivity contribution in [3.63, 3.8) is 0 Å². The van der Waals surface area contributed by atoms with Gasteiger partial charge in [-0.2, -0.15) is 0 Å². The van der Waals surface area contributed by atoms with Crippen LogP contribution < -0.4 is 11.1 Å². The molecule has 3 N–H and O–H groups in total. The van der Waals surface area contributed by atoms with E-state index in [1.165, 1.54) is 0 Å². The van der Waals surface area contributed by atoms with E-state index in [-0.39, 0.29) is 11.7 Å². The number of aliphatic imine (C=N–C) groups is 1. The molecule has 92 valence electrons. The molecule has 0 bridgehead atoms. The summed E-state index contributed by atoms with van der Waals surface area (Å²) in [5, 5.41) is 3.69. The molecule has 3 heterocycles. The molecule has 0 radical (unpaired) electrons. The van der Waals surface area contributed by atoms with E-state index in [0.29, 0.717) is 17.3 Å². The molecular formula is C11H9ClFN5. The molecule has 2 aliphatic rings. The Bertz CT molecular complexity index is 607. The third kappa shape index (κ3) is 1.74. The molecule has 0 aliphatic carbocycles. The van der Waals surface area contributed by atoms with Crippen molar-refractivity contribution in [2.75, 3.05) is 5.73 Å². The molecule has 1 unspecified atom stereocenters. The van der Waals surface area contributed by atoms with Crippen molar-refractivity contribution in [1.29, 1.82) is 0 Å². The van der Waals surface area contributed by atoms with Gasteiger partial charge in [0.25, 0.3) is 0 Å². The largest absolute Gasteiger partial charge is 0.381 e. The highest BCUT2D eigenvalue weighted by atomic mass is 35.5. The summed E-state index contributed by atoms with van der Waals surface area (Å²) >= 11 is 5.97. The van der Waals surface area contributed by atoms with Crippen LogP contribution in [0.3, 0.4) is 0 Å². The lowest BCUT2D eigenvalue weighted by molar-refractivity contribution is 0.618. The maximum atomic E-state index is 13.0. The molecule has 18 heavy (non-hydrogen) atoms. The summed E-state index contributed by atoms with van der Waals surface area (Å²) in [6, 6.07) is 0. The zero-order valence-corrected chi connectivity index (χ0v) is 9.95. The number of nitrogens with one attached hydrogen (secondary N) is 1. The fraction of sp³-hybridized carbons (Fsp3) is 0.182. The van der Waals surface area contributed by atoms with Gasteiger partial charge in [0.1, 0.15) is 5.84 Å². The zero-order chi connectivity index (χ0) is 12.7. The van der Waals surface area contributed by atoms with Gasteiger partial charge in [-0.3, -0.25) is 0 Å². The van der Waals surface area contributed by atoms with Gasteiger partial charge in [0.05, 0.1) is 12.1 Å². The lowest BCUT2D eigenvalue weighted by Crippen LogP contribution is -2.22. The van der Waals surface area contributed by atoms with Gasteiger partial charge in [-0.05, 0) is 6.42 Å². The Balaban J connectivity index is 1.97. The fourth-order valence-corrected chi connectivity index (χ4v) is 2.16. The summed E-state index contributed by atoms with van der Waals surface area (Å²) in [6.45, 7) is 0. The standard InChI is InChI=1S/C11H9ClFN5/c12-5-1-6-7(3-16-10(6)15-2-5)11-17-4-8(13)9(14)18-11/h2-4,6H,1H2,(H,15,16)(H2,14,17,18). The highest BCUT2D eigenvalue weighted by molar-refractivity contribution is 6.30. The number of nitrogens with two attached hydrogens (primary N) is 1. The SMILES string of the molecule is Nc1nc(C2=CNC3=NC=C(Cl)CC23)ncc1F. The van der Waals surface area contributed by atoms with Crippen LogP contribution in [0, 0.1) is 11.7 Å². The lowest BCUT2D eigenvalue weighted by atomic mass is 9.95. The minimum Gasteiger partial charge on any atom is -0.381 e. The van der Waals surface area contributed by atoms with Gasteiger partial charge >= 0.3 is 0 Å². The van der Waals surface area contributed by atoms with Gasteiger partial charge in [0, 0.05) is 23.0 Å². The first-order valence-electron chi connectivity index (χ1n) is 5.32. The van der Waals surface area contributed by atoms with Crippen LogP contribution in [0.15, 0.2) is 28.6 Å². The van der Waals surface area contributed by atoms with Crippen molar-refractivity contribution in [3.8, 4) is 0 Å². The Morgan fingerprint density at radius 2 is 2.33 bits per heavy atom. The molecule has 0 spiro atoms. The Hall–Kier alpha value is -1.95. The topological polar surface area (TPSA) is 76.2 Å². The van der Waals surface area contributed by atoms with Crippen molar-refractivity contribution >= 4 is 28.8 Å². The van der Waals surface area contributed by atoms with E-state index in [9.17, 15) is 4.39 Å². The van der Waals surface area contributed by atoms with Crippen molar-refractivity contribution in [1.82, 2.24) is 15.3 Å². The van der Waals surface area contributed by atoms with Crippen LogP contribution in [0.5, 0.6) is 0 Å². The van der Waals surface area contributed by atoms with E-state index in [4.69, 9.17) is 17.3 Å². The minimum absolute atomic E-state index is 0.0210. The van der Waals surface area contributed by atoms with Crippen LogP contribution in [0.1, 0.15) is 12.2 Å². The highest BCUT2D eigenvalue weighted by Gasteiger charge is 2.31. The molecule has 2 aliphatic heterocycles. The average molecular weight is 266 g/mol. The number of rotatable bonds is 1. The van der Waals surface area contributed by atoms with E-state index in [2.05, 4.69) is 20.3 Å². The molecular weight excluding hydrogens is 257 g/mol. The average Bonchev–Trinajstić information content (AvgIpc) is 2.75. The number of anilines is 1. The molecule has 0 amide bonds. The van der Waals surface area contributed by atoms with Gasteiger partial charge in [0.15, 0.2) is 17.5 Å². The number of amidine groups is 1. The first-order valence-corrected chi connectivity index (χ1v) is 5.70. The molecule has 1 aromatic rings. The van der Waals surface area contributed by atoms with Crippen LogP contribution >= 0.6 is 11.6 Å². The lowest BCUT2D eigenvalue weighted by Gasteiger charge is -2.16. The maximum absolute atomic E-state index is 13.0. The Morgan fingerprint density at radius 3 is 3.11 bits per heavy atom. The molecule has 3 rings (SSSR count). The number of nitrogens with zero attached hydrogens (tertiary/aromatic N) is 3. The molecule has 0 saturated heterocycles. The molecule has 0 fully saturated rings. The number of aromatic nitrogens is 2. The molecule has 5 nitrogen and oxygen atoms in total. The van der Waals surface area contributed by atoms with Crippen LogP contribution in [-0.2, 0) is 0 Å². The number of halogens is 2. The number of fused-ring (bicyclic) bond motifs is 1. The maximum Gasteiger partial charge on any atom is 0.183 e. The quantitative estimate of drug-likeness (QED) is 0.809. The monoisotopic (exact) mass is 265 g/mol. The molecule has 1 aromatic heterocycles. The molecule has 0 saturated carbocycles. The predicted molar refractivity (Wildman–Crippen MR) is 67.0 cm³/mol. The van der Waals surface area contributed by atoms with E-state index < -0.39 is 5.82 Å². The third-order valence-corrected chi connectivity index (χ3v) is 3.11. The summed E-state index contributed by atoms with van der Waals surface area (Å²) in [6.07, 6.45) is 5.05. The summed E-state index contributed by atoms with van der Waals surface area (Å²) in [7, 11) is 0. The van der Waals surface area contributed by atoms with E-state index >= 15 is 0 Å². The first kappa shape index (κ1) is 11.2. The number of allylic oxidation sites excluding steroid dienone is 1. The van der Waals surface area contributed by atoms with E-state index in [0.717, 1.165) is 17.6 Å². The molecule has 1 atom stereocenters. The summed E-state index contributed by atoms with van der Waals surface area (Å²) < 4.78 is 13.0. The van der Waals surface area contributed by atoms with Gasteiger partial charge in [-0.1, -0.05) is 11.6 Å². The van der Waals surface area contributed by atoms with Gasteiger partial charge in [-0.25, -0.2) is 19.4 Å². The van der Waals surface area contributed by atoms with Crippen LogP contribution in [0.2, 0.25) is 0 Å². The van der Waals surface area contributed by atoms with Crippen molar-refractivity contribution < 1.29 is 4.39 Å². The normalized spacial score (nSPS) is 21.7. The number of hydrogen-bond donors (Lipinski definition) is 2. The Labute approximate surface area is 107 Å². The van der Waals surface area contributed by atoms with Crippen LogP contribution in [0.4, 0.5) is 10.2 Å². The predicted octanol–water partition coefficient (Wildman–Crippen LogP) is 1.64. The molecule has 7 heteroatoms. The smallest absolute Gasteiger partial charge is 0.183 e. The Kier molecular flexibility index (Phi) is 2.52. The highest BCUT2D eigenvalue weighted by Crippen LogP contribution is 2.34. The van der Waals surface area contributed by atoms with E-state index in [1.54, 1.807) is 12.4 Å². The Morgan fingerprint density at radius 1 is 1.50 bits per heavy atom. The first-order chi connectivity index (χ1) is 8.65. The van der Waals surface area contributed by atoms with Gasteiger partial charge in [0.2, 0.25) is 0 Å². The minimum atomic E-state index is -0.624. The second-order valence-electron chi connectivity index (χ2n) is 4.02.